The van der Waals surface area contributed by atoms with Crippen LogP contribution in [0.5, 0.6) is 0 Å². The second-order valence-electron chi connectivity index (χ2n) is 4.22. The summed E-state index contributed by atoms with van der Waals surface area (Å²) in [7, 11) is 0. The molecule has 0 aliphatic carbocycles. The third-order valence-corrected chi connectivity index (χ3v) is 3.13. The minimum atomic E-state index is 0.606. The summed E-state index contributed by atoms with van der Waals surface area (Å²) in [5, 5.41) is 0.606. The molecule has 3 heteroatoms. The van der Waals surface area contributed by atoms with E-state index < -0.39 is 0 Å². The molecule has 0 spiro atoms. The van der Waals surface area contributed by atoms with Crippen LogP contribution in [-0.4, -0.2) is 0 Å². The summed E-state index contributed by atoms with van der Waals surface area (Å²) < 4.78 is 0. The van der Waals surface area contributed by atoms with Crippen LogP contribution in [0.3, 0.4) is 0 Å². The Bertz CT molecular complexity index is 500. The van der Waals surface area contributed by atoms with Gasteiger partial charge in [-0.15, -0.1) is 0 Å². The molecule has 17 heavy (non-hydrogen) atoms. The van der Waals surface area contributed by atoms with E-state index in [1.807, 2.05) is 37.3 Å². The molecule has 0 unspecified atom stereocenters. The lowest BCUT2D eigenvalue weighted by Gasteiger charge is -2.07. The molecule has 2 aromatic carbocycles. The summed E-state index contributed by atoms with van der Waals surface area (Å²) in [5.74, 6) is 0. The summed E-state index contributed by atoms with van der Waals surface area (Å²) in [4.78, 5) is 0. The lowest BCUT2D eigenvalue weighted by Crippen LogP contribution is -1.94. The highest BCUT2D eigenvalue weighted by Crippen LogP contribution is 2.22. The molecule has 2 nitrogen and oxygen atoms in total. The molecule has 0 fully saturated rings. The predicted molar refractivity (Wildman–Crippen MR) is 74.3 cm³/mol. The van der Waals surface area contributed by atoms with Gasteiger partial charge in [0.1, 0.15) is 0 Å². The van der Waals surface area contributed by atoms with Gasteiger partial charge in [-0.25, -0.2) is 0 Å². The molecule has 0 saturated heterocycles. The first-order valence-electron chi connectivity index (χ1n) is 5.45. The van der Waals surface area contributed by atoms with Crippen molar-refractivity contribution in [3.05, 3.63) is 58.1 Å². The zero-order chi connectivity index (χ0) is 12.4. The first-order valence-corrected chi connectivity index (χ1v) is 5.83. The summed E-state index contributed by atoms with van der Waals surface area (Å²) in [6.45, 7) is 2.01. The minimum Gasteiger partial charge on any atom is -0.399 e. The van der Waals surface area contributed by atoms with Gasteiger partial charge in [0.25, 0.3) is 0 Å². The molecule has 88 valence electrons. The molecule has 4 N–H and O–H groups in total. The van der Waals surface area contributed by atoms with Crippen LogP contribution in [-0.2, 0) is 6.42 Å². The van der Waals surface area contributed by atoms with Crippen molar-refractivity contribution in [3.63, 3.8) is 0 Å². The highest BCUT2D eigenvalue weighted by atomic mass is 35.5. The number of benzene rings is 2. The van der Waals surface area contributed by atoms with Crippen molar-refractivity contribution in [2.45, 2.75) is 13.3 Å². The molecule has 2 aromatic rings. The molecule has 0 aromatic heterocycles. The van der Waals surface area contributed by atoms with E-state index in [-0.39, 0.29) is 0 Å². The Hall–Kier alpha value is -1.67. The van der Waals surface area contributed by atoms with Gasteiger partial charge in [-0.3, -0.25) is 0 Å². The zero-order valence-electron chi connectivity index (χ0n) is 9.70. The molecule has 0 atom stereocenters. The molecule has 0 heterocycles. The second kappa shape index (κ2) is 4.68. The SMILES string of the molecule is Cc1cc(Cc2ccc(N)c(Cl)c2)ccc1N. The van der Waals surface area contributed by atoms with Crippen molar-refractivity contribution in [3.8, 4) is 0 Å². The molecule has 0 bridgehead atoms. The van der Waals surface area contributed by atoms with E-state index in [2.05, 4.69) is 6.07 Å². The number of nitrogens with two attached hydrogens (primary N) is 2. The quantitative estimate of drug-likeness (QED) is 0.798. The third-order valence-electron chi connectivity index (χ3n) is 2.81. The van der Waals surface area contributed by atoms with Crippen LogP contribution in [0.1, 0.15) is 16.7 Å². The number of hydrogen-bond acceptors (Lipinski definition) is 2. The maximum absolute atomic E-state index is 5.99. The highest BCUT2D eigenvalue weighted by molar-refractivity contribution is 6.33. The first kappa shape index (κ1) is 11.8. The lowest BCUT2D eigenvalue weighted by molar-refractivity contribution is 1.18. The highest BCUT2D eigenvalue weighted by Gasteiger charge is 2.01. The monoisotopic (exact) mass is 246 g/mol. The fourth-order valence-electron chi connectivity index (χ4n) is 1.76. The number of rotatable bonds is 2. The van der Waals surface area contributed by atoms with E-state index in [0.717, 1.165) is 23.2 Å². The Labute approximate surface area is 106 Å². The van der Waals surface area contributed by atoms with Gasteiger partial charge in [0.05, 0.1) is 10.7 Å². The molecule has 0 amide bonds. The average Bonchev–Trinajstić information content (AvgIpc) is 2.29. The van der Waals surface area contributed by atoms with Crippen LogP contribution >= 0.6 is 11.6 Å². The Morgan fingerprint density at radius 2 is 1.53 bits per heavy atom. The van der Waals surface area contributed by atoms with Crippen LogP contribution in [0.25, 0.3) is 0 Å². The number of halogens is 1. The van der Waals surface area contributed by atoms with Crippen molar-refractivity contribution < 1.29 is 0 Å². The van der Waals surface area contributed by atoms with Crippen molar-refractivity contribution in [1.29, 1.82) is 0 Å². The normalized spacial score (nSPS) is 10.5. The summed E-state index contributed by atoms with van der Waals surface area (Å²) in [6, 6.07) is 11.8. The molecular weight excluding hydrogens is 232 g/mol. The van der Waals surface area contributed by atoms with Gasteiger partial charge in [-0.2, -0.15) is 0 Å². The van der Waals surface area contributed by atoms with E-state index in [9.17, 15) is 0 Å². The summed E-state index contributed by atoms with van der Waals surface area (Å²) in [6.07, 6.45) is 0.834. The lowest BCUT2D eigenvalue weighted by atomic mass is 10.0. The standard InChI is InChI=1S/C14H15ClN2/c1-9-6-10(2-4-13(9)16)7-11-3-5-14(17)12(15)8-11/h2-6,8H,7,16-17H2,1H3. The molecule has 2 rings (SSSR count). The Balaban J connectivity index is 2.25. The molecule has 0 radical (unpaired) electrons. The van der Waals surface area contributed by atoms with Crippen LogP contribution < -0.4 is 11.5 Å². The van der Waals surface area contributed by atoms with E-state index >= 15 is 0 Å². The van der Waals surface area contributed by atoms with Crippen molar-refractivity contribution in [1.82, 2.24) is 0 Å². The molecule has 0 aliphatic rings. The van der Waals surface area contributed by atoms with E-state index in [1.54, 1.807) is 0 Å². The van der Waals surface area contributed by atoms with Gasteiger partial charge in [-0.05, 0) is 48.2 Å². The molecule has 0 saturated carbocycles. The first-order chi connectivity index (χ1) is 8.06. The number of nitrogen functional groups attached to an aromatic ring is 2. The maximum Gasteiger partial charge on any atom is 0.0638 e. The van der Waals surface area contributed by atoms with Gasteiger partial charge >= 0.3 is 0 Å². The number of aryl methyl sites for hydroxylation is 1. The smallest absolute Gasteiger partial charge is 0.0638 e. The van der Waals surface area contributed by atoms with E-state index in [1.165, 1.54) is 5.56 Å². The van der Waals surface area contributed by atoms with Crippen LogP contribution in [0.4, 0.5) is 11.4 Å². The fraction of sp³-hybridized carbons (Fsp3) is 0.143. The van der Waals surface area contributed by atoms with Crippen molar-refractivity contribution >= 4 is 23.0 Å². The topological polar surface area (TPSA) is 52.0 Å². The molecular formula is C14H15ClN2. The second-order valence-corrected chi connectivity index (χ2v) is 4.63. The van der Waals surface area contributed by atoms with Gasteiger partial charge in [0.15, 0.2) is 0 Å². The third kappa shape index (κ3) is 2.71. The van der Waals surface area contributed by atoms with Crippen molar-refractivity contribution in [2.75, 3.05) is 11.5 Å². The van der Waals surface area contributed by atoms with Crippen LogP contribution in [0.2, 0.25) is 5.02 Å². The van der Waals surface area contributed by atoms with E-state index in [4.69, 9.17) is 23.1 Å². The molecule has 0 aliphatic heterocycles. The van der Waals surface area contributed by atoms with Crippen LogP contribution in [0.15, 0.2) is 36.4 Å². The van der Waals surface area contributed by atoms with Gasteiger partial charge < -0.3 is 11.5 Å². The predicted octanol–water partition coefficient (Wildman–Crippen LogP) is 3.40. The van der Waals surface area contributed by atoms with Gasteiger partial charge in [0.2, 0.25) is 0 Å². The largest absolute Gasteiger partial charge is 0.399 e. The Kier molecular flexibility index (Phi) is 3.25. The maximum atomic E-state index is 5.99. The number of anilines is 2. The summed E-state index contributed by atoms with van der Waals surface area (Å²) >= 11 is 5.99. The van der Waals surface area contributed by atoms with Gasteiger partial charge in [-0.1, -0.05) is 29.8 Å². The van der Waals surface area contributed by atoms with Crippen LogP contribution in [0, 0.1) is 6.92 Å². The average molecular weight is 247 g/mol. The Morgan fingerprint density at radius 3 is 2.12 bits per heavy atom. The number of hydrogen-bond donors (Lipinski definition) is 2. The Morgan fingerprint density at radius 1 is 0.941 bits per heavy atom. The van der Waals surface area contributed by atoms with Gasteiger partial charge in [0, 0.05) is 5.69 Å². The fourth-order valence-corrected chi connectivity index (χ4v) is 1.97. The van der Waals surface area contributed by atoms with E-state index in [0.29, 0.717) is 10.7 Å². The van der Waals surface area contributed by atoms with Crippen molar-refractivity contribution in [2.24, 2.45) is 0 Å². The minimum absolute atomic E-state index is 0.606. The summed E-state index contributed by atoms with van der Waals surface area (Å²) in [5.41, 5.74) is 16.4. The zero-order valence-corrected chi connectivity index (χ0v) is 10.5.